The molecule has 1 aliphatic rings. The molecule has 2 N–H and O–H groups in total. The lowest BCUT2D eigenvalue weighted by Gasteiger charge is -2.22. The topological polar surface area (TPSA) is 58.2 Å². The van der Waals surface area contributed by atoms with Gasteiger partial charge in [0.1, 0.15) is 0 Å². The van der Waals surface area contributed by atoms with E-state index >= 15 is 0 Å². The van der Waals surface area contributed by atoms with Crippen LogP contribution in [0.25, 0.3) is 0 Å². The highest BCUT2D eigenvalue weighted by molar-refractivity contribution is 5.97. The zero-order valence-electron chi connectivity index (χ0n) is 13.0. The summed E-state index contributed by atoms with van der Waals surface area (Å²) in [6, 6.07) is 3.02. The first-order chi connectivity index (χ1) is 11.1. The predicted molar refractivity (Wildman–Crippen MR) is 83.1 cm³/mol. The summed E-state index contributed by atoms with van der Waals surface area (Å²) in [5.41, 5.74) is 0.0879. The number of amides is 1. The number of halogens is 2. The SMILES string of the molecule is O=C(CCC(=O)c1ccc(F)c(F)c1)NCCC1CCCNC1. The molecule has 1 aromatic carbocycles. The molecule has 2 rings (SSSR count). The van der Waals surface area contributed by atoms with E-state index in [2.05, 4.69) is 10.6 Å². The third-order valence-corrected chi connectivity index (χ3v) is 4.09. The molecule has 23 heavy (non-hydrogen) atoms. The summed E-state index contributed by atoms with van der Waals surface area (Å²) >= 11 is 0. The Morgan fingerprint density at radius 2 is 2.04 bits per heavy atom. The fourth-order valence-corrected chi connectivity index (χ4v) is 2.72. The van der Waals surface area contributed by atoms with Crippen LogP contribution in [0, 0.1) is 17.6 Å². The molecule has 1 fully saturated rings. The maximum atomic E-state index is 13.1. The van der Waals surface area contributed by atoms with E-state index in [9.17, 15) is 18.4 Å². The highest BCUT2D eigenvalue weighted by Gasteiger charge is 2.14. The van der Waals surface area contributed by atoms with Gasteiger partial charge in [0.15, 0.2) is 17.4 Å². The third kappa shape index (κ3) is 5.71. The number of rotatable bonds is 7. The number of nitrogens with one attached hydrogen (secondary N) is 2. The van der Waals surface area contributed by atoms with E-state index in [1.807, 2.05) is 0 Å². The smallest absolute Gasteiger partial charge is 0.220 e. The number of Topliss-reactive ketones (excluding diaryl/α,β-unsaturated/α-hetero) is 1. The van der Waals surface area contributed by atoms with Crippen molar-refractivity contribution in [3.8, 4) is 0 Å². The second-order valence-electron chi connectivity index (χ2n) is 5.90. The van der Waals surface area contributed by atoms with Crippen molar-refractivity contribution < 1.29 is 18.4 Å². The lowest BCUT2D eigenvalue weighted by atomic mass is 9.96. The Morgan fingerprint density at radius 3 is 2.74 bits per heavy atom. The van der Waals surface area contributed by atoms with Crippen molar-refractivity contribution >= 4 is 11.7 Å². The Balaban J connectivity index is 1.67. The Morgan fingerprint density at radius 1 is 1.22 bits per heavy atom. The summed E-state index contributed by atoms with van der Waals surface area (Å²) in [6.07, 6.45) is 3.32. The standard InChI is InChI=1S/C17H22F2N2O2/c18-14-4-3-13(10-15(14)19)16(22)5-6-17(23)21-9-7-12-2-1-8-20-11-12/h3-4,10,12,20H,1-2,5-9,11H2,(H,21,23). The predicted octanol–water partition coefficient (Wildman–Crippen LogP) is 2.43. The second kappa shape index (κ2) is 8.72. The van der Waals surface area contributed by atoms with Gasteiger partial charge in [-0.15, -0.1) is 0 Å². The van der Waals surface area contributed by atoms with E-state index < -0.39 is 11.6 Å². The van der Waals surface area contributed by atoms with E-state index in [-0.39, 0.29) is 30.1 Å². The normalized spacial score (nSPS) is 17.7. The summed E-state index contributed by atoms with van der Waals surface area (Å²) < 4.78 is 25.9. The quantitative estimate of drug-likeness (QED) is 0.758. The van der Waals surface area contributed by atoms with Crippen molar-refractivity contribution in [2.75, 3.05) is 19.6 Å². The highest BCUT2D eigenvalue weighted by Crippen LogP contribution is 2.13. The van der Waals surface area contributed by atoms with E-state index in [4.69, 9.17) is 0 Å². The first kappa shape index (κ1) is 17.5. The zero-order chi connectivity index (χ0) is 16.7. The van der Waals surface area contributed by atoms with Gasteiger partial charge in [-0.3, -0.25) is 9.59 Å². The molecule has 1 atom stereocenters. The Kier molecular flexibility index (Phi) is 6.65. The summed E-state index contributed by atoms with van der Waals surface area (Å²) in [5.74, 6) is -2.01. The monoisotopic (exact) mass is 324 g/mol. The van der Waals surface area contributed by atoms with Crippen molar-refractivity contribution in [2.24, 2.45) is 5.92 Å². The van der Waals surface area contributed by atoms with Crippen LogP contribution in [-0.4, -0.2) is 31.3 Å². The maximum Gasteiger partial charge on any atom is 0.220 e. The minimum atomic E-state index is -1.05. The van der Waals surface area contributed by atoms with Crippen LogP contribution >= 0.6 is 0 Å². The second-order valence-corrected chi connectivity index (χ2v) is 5.90. The van der Waals surface area contributed by atoms with Gasteiger partial charge < -0.3 is 10.6 Å². The number of benzene rings is 1. The van der Waals surface area contributed by atoms with Crippen LogP contribution < -0.4 is 10.6 Å². The van der Waals surface area contributed by atoms with Crippen LogP contribution in [-0.2, 0) is 4.79 Å². The molecule has 0 saturated carbocycles. The first-order valence-corrected chi connectivity index (χ1v) is 8.02. The van der Waals surface area contributed by atoms with Gasteiger partial charge in [-0.1, -0.05) is 0 Å². The molecule has 126 valence electrons. The van der Waals surface area contributed by atoms with Crippen molar-refractivity contribution in [1.29, 1.82) is 0 Å². The van der Waals surface area contributed by atoms with Crippen molar-refractivity contribution in [2.45, 2.75) is 32.1 Å². The molecule has 6 heteroatoms. The minimum Gasteiger partial charge on any atom is -0.356 e. The molecule has 1 amide bonds. The van der Waals surface area contributed by atoms with Gasteiger partial charge in [0, 0.05) is 24.9 Å². The minimum absolute atomic E-state index is 0.0120. The van der Waals surface area contributed by atoms with Crippen LogP contribution in [0.1, 0.15) is 42.5 Å². The fraction of sp³-hybridized carbons (Fsp3) is 0.529. The Labute approximate surface area is 134 Å². The van der Waals surface area contributed by atoms with Crippen LogP contribution in [0.15, 0.2) is 18.2 Å². The van der Waals surface area contributed by atoms with Crippen molar-refractivity contribution in [3.05, 3.63) is 35.4 Å². The summed E-state index contributed by atoms with van der Waals surface area (Å²) in [5, 5.41) is 6.13. The van der Waals surface area contributed by atoms with Crippen molar-refractivity contribution in [3.63, 3.8) is 0 Å². The number of hydrogen-bond donors (Lipinski definition) is 2. The van der Waals surface area contributed by atoms with Gasteiger partial charge >= 0.3 is 0 Å². The average Bonchev–Trinajstić information content (AvgIpc) is 2.56. The molecule has 1 heterocycles. The lowest BCUT2D eigenvalue weighted by Crippen LogP contribution is -2.33. The average molecular weight is 324 g/mol. The number of hydrogen-bond acceptors (Lipinski definition) is 3. The molecular formula is C17H22F2N2O2. The molecule has 0 aliphatic carbocycles. The molecule has 0 bridgehead atoms. The summed E-state index contributed by atoms with van der Waals surface area (Å²) in [6.45, 7) is 2.66. The third-order valence-electron chi connectivity index (χ3n) is 4.09. The molecule has 1 unspecified atom stereocenters. The summed E-state index contributed by atoms with van der Waals surface area (Å²) in [7, 11) is 0. The van der Waals surface area contributed by atoms with Gasteiger partial charge in [-0.25, -0.2) is 8.78 Å². The van der Waals surface area contributed by atoms with Gasteiger partial charge in [-0.2, -0.15) is 0 Å². The largest absolute Gasteiger partial charge is 0.356 e. The van der Waals surface area contributed by atoms with E-state index in [1.165, 1.54) is 18.9 Å². The van der Waals surface area contributed by atoms with Crippen LogP contribution in [0.4, 0.5) is 8.78 Å². The number of carbonyl (C=O) groups is 2. The molecule has 1 saturated heterocycles. The Hall–Kier alpha value is -1.82. The maximum absolute atomic E-state index is 13.1. The van der Waals surface area contributed by atoms with E-state index in [0.29, 0.717) is 12.5 Å². The first-order valence-electron chi connectivity index (χ1n) is 8.02. The molecule has 0 aromatic heterocycles. The summed E-state index contributed by atoms with van der Waals surface area (Å²) in [4.78, 5) is 23.6. The molecule has 4 nitrogen and oxygen atoms in total. The van der Waals surface area contributed by atoms with Crippen LogP contribution in [0.5, 0.6) is 0 Å². The van der Waals surface area contributed by atoms with Gasteiger partial charge in [0.2, 0.25) is 5.91 Å². The van der Waals surface area contributed by atoms with Crippen LogP contribution in [0.3, 0.4) is 0 Å². The van der Waals surface area contributed by atoms with Crippen LogP contribution in [0.2, 0.25) is 0 Å². The van der Waals surface area contributed by atoms with Gasteiger partial charge in [0.05, 0.1) is 0 Å². The molecule has 1 aliphatic heterocycles. The number of ketones is 1. The fourth-order valence-electron chi connectivity index (χ4n) is 2.72. The number of carbonyl (C=O) groups excluding carboxylic acids is 2. The highest BCUT2D eigenvalue weighted by atomic mass is 19.2. The van der Waals surface area contributed by atoms with Crippen molar-refractivity contribution in [1.82, 2.24) is 10.6 Å². The lowest BCUT2D eigenvalue weighted by molar-refractivity contribution is -0.121. The van der Waals surface area contributed by atoms with Gasteiger partial charge in [-0.05, 0) is 56.5 Å². The molecular weight excluding hydrogens is 302 g/mol. The molecule has 0 spiro atoms. The molecule has 1 aromatic rings. The zero-order valence-corrected chi connectivity index (χ0v) is 13.0. The van der Waals surface area contributed by atoms with Gasteiger partial charge in [0.25, 0.3) is 0 Å². The number of piperidine rings is 1. The Bertz CT molecular complexity index is 558. The van der Waals surface area contributed by atoms with E-state index in [0.717, 1.165) is 31.6 Å². The molecule has 0 radical (unpaired) electrons. The van der Waals surface area contributed by atoms with E-state index in [1.54, 1.807) is 0 Å².